The van der Waals surface area contributed by atoms with Crippen LogP contribution in [0.1, 0.15) is 47.8 Å². The molecule has 10 nitrogen and oxygen atoms in total. The summed E-state index contributed by atoms with van der Waals surface area (Å²) in [5.41, 5.74) is 8.24. The highest BCUT2D eigenvalue weighted by Crippen LogP contribution is 2.43. The third kappa shape index (κ3) is 4.57. The monoisotopic (exact) mass is 526 g/mol. The van der Waals surface area contributed by atoms with Gasteiger partial charge >= 0.3 is 6.03 Å². The van der Waals surface area contributed by atoms with E-state index in [1.165, 1.54) is 11.3 Å². The predicted octanol–water partition coefficient (Wildman–Crippen LogP) is 3.99. The molecule has 5 heterocycles. The molecule has 3 aromatic rings. The van der Waals surface area contributed by atoms with E-state index < -0.39 is 0 Å². The number of benzene rings is 1. The molecule has 0 radical (unpaired) electrons. The fourth-order valence-corrected chi connectivity index (χ4v) is 6.13. The fourth-order valence-electron chi connectivity index (χ4n) is 6.13. The lowest BCUT2D eigenvalue weighted by molar-refractivity contribution is 0.0651. The SMILES string of the molecule is CNC(=O)N1CCc2c(c(N3CCCc4cc(-c5ccc(C#N)nc5)c(NC)cc43)nn2C2CCOCC2)C1. The molecule has 1 aromatic carbocycles. The van der Waals surface area contributed by atoms with E-state index in [0.717, 1.165) is 85.7 Å². The van der Waals surface area contributed by atoms with Crippen LogP contribution in [0.25, 0.3) is 11.1 Å². The number of carbonyl (C=O) groups excluding carboxylic acids is 1. The normalized spacial score (nSPS) is 17.3. The van der Waals surface area contributed by atoms with Gasteiger partial charge in [-0.05, 0) is 55.5 Å². The topological polar surface area (TPSA) is 111 Å². The summed E-state index contributed by atoms with van der Waals surface area (Å²) in [4.78, 5) is 21.1. The number of anilines is 3. The molecule has 6 rings (SSSR count). The van der Waals surface area contributed by atoms with E-state index in [-0.39, 0.29) is 6.03 Å². The van der Waals surface area contributed by atoms with Crippen molar-refractivity contribution in [3.05, 3.63) is 53.0 Å². The van der Waals surface area contributed by atoms with Crippen molar-refractivity contribution in [1.29, 1.82) is 5.26 Å². The van der Waals surface area contributed by atoms with Gasteiger partial charge in [0.25, 0.3) is 0 Å². The molecule has 0 atom stereocenters. The van der Waals surface area contributed by atoms with E-state index in [1.807, 2.05) is 18.0 Å². The first-order valence-corrected chi connectivity index (χ1v) is 13.7. The maximum atomic E-state index is 12.6. The van der Waals surface area contributed by atoms with Crippen molar-refractivity contribution in [3.8, 4) is 17.2 Å². The second-order valence-corrected chi connectivity index (χ2v) is 10.3. The number of rotatable bonds is 4. The summed E-state index contributed by atoms with van der Waals surface area (Å²) in [5.74, 6) is 0.959. The van der Waals surface area contributed by atoms with Crippen LogP contribution in [0.5, 0.6) is 0 Å². The van der Waals surface area contributed by atoms with E-state index >= 15 is 0 Å². The van der Waals surface area contributed by atoms with Crippen LogP contribution in [0.15, 0.2) is 30.5 Å². The summed E-state index contributed by atoms with van der Waals surface area (Å²) in [5, 5.41) is 20.6. The van der Waals surface area contributed by atoms with Gasteiger partial charge in [0.15, 0.2) is 5.82 Å². The number of nitrogens with zero attached hydrogens (tertiary/aromatic N) is 6. The molecule has 3 aliphatic rings. The third-order valence-corrected chi connectivity index (χ3v) is 8.15. The number of fused-ring (bicyclic) bond motifs is 2. The molecule has 0 aliphatic carbocycles. The first-order chi connectivity index (χ1) is 19.1. The molecule has 202 valence electrons. The Hall–Kier alpha value is -4.10. The second kappa shape index (κ2) is 10.6. The van der Waals surface area contributed by atoms with Crippen molar-refractivity contribution in [3.63, 3.8) is 0 Å². The van der Waals surface area contributed by atoms with Crippen LogP contribution >= 0.6 is 0 Å². The highest BCUT2D eigenvalue weighted by Gasteiger charge is 2.34. The Balaban J connectivity index is 1.43. The Bertz CT molecular complexity index is 1420. The van der Waals surface area contributed by atoms with Gasteiger partial charge in [-0.2, -0.15) is 10.4 Å². The maximum absolute atomic E-state index is 12.6. The molecule has 0 spiro atoms. The molecule has 0 unspecified atom stereocenters. The van der Waals surface area contributed by atoms with Crippen molar-refractivity contribution in [2.45, 2.75) is 44.7 Å². The van der Waals surface area contributed by atoms with E-state index in [4.69, 9.17) is 15.1 Å². The molecule has 1 fully saturated rings. The van der Waals surface area contributed by atoms with Gasteiger partial charge in [-0.15, -0.1) is 0 Å². The van der Waals surface area contributed by atoms with Gasteiger partial charge in [-0.25, -0.2) is 9.78 Å². The number of hydrogen-bond acceptors (Lipinski definition) is 7. The average molecular weight is 527 g/mol. The Kier molecular flexibility index (Phi) is 6.83. The second-order valence-electron chi connectivity index (χ2n) is 10.3. The van der Waals surface area contributed by atoms with Gasteiger partial charge in [0.1, 0.15) is 11.8 Å². The quantitative estimate of drug-likeness (QED) is 0.529. The highest BCUT2D eigenvalue weighted by molar-refractivity contribution is 5.84. The summed E-state index contributed by atoms with van der Waals surface area (Å²) in [6, 6.07) is 10.5. The van der Waals surface area contributed by atoms with E-state index in [0.29, 0.717) is 24.8 Å². The number of nitrogens with one attached hydrogen (secondary N) is 2. The zero-order valence-electron chi connectivity index (χ0n) is 22.5. The Labute approximate surface area is 228 Å². The zero-order chi connectivity index (χ0) is 26.9. The number of aromatic nitrogens is 3. The van der Waals surface area contributed by atoms with Crippen molar-refractivity contribution >= 4 is 23.2 Å². The van der Waals surface area contributed by atoms with Gasteiger partial charge in [0, 0.05) is 86.8 Å². The molecule has 3 aliphatic heterocycles. The smallest absolute Gasteiger partial charge is 0.317 e. The minimum Gasteiger partial charge on any atom is -0.388 e. The van der Waals surface area contributed by atoms with Gasteiger partial charge in [0.2, 0.25) is 0 Å². The Morgan fingerprint density at radius 3 is 2.72 bits per heavy atom. The van der Waals surface area contributed by atoms with Gasteiger partial charge < -0.3 is 25.2 Å². The van der Waals surface area contributed by atoms with Crippen LogP contribution in [-0.2, 0) is 24.1 Å². The fraction of sp³-hybridized carbons (Fsp3) is 0.448. The average Bonchev–Trinajstić information content (AvgIpc) is 3.38. The number of ether oxygens (including phenoxy) is 1. The third-order valence-electron chi connectivity index (χ3n) is 8.15. The van der Waals surface area contributed by atoms with Crippen LogP contribution in [0.4, 0.5) is 22.0 Å². The van der Waals surface area contributed by atoms with Crippen molar-refractivity contribution in [2.75, 3.05) is 50.6 Å². The lowest BCUT2D eigenvalue weighted by Gasteiger charge is -2.33. The maximum Gasteiger partial charge on any atom is 0.317 e. The molecule has 39 heavy (non-hydrogen) atoms. The Morgan fingerprint density at radius 1 is 1.15 bits per heavy atom. The molecule has 2 amide bonds. The number of urea groups is 1. The highest BCUT2D eigenvalue weighted by atomic mass is 16.5. The van der Waals surface area contributed by atoms with E-state index in [1.54, 1.807) is 19.3 Å². The first kappa shape index (κ1) is 25.2. The summed E-state index contributed by atoms with van der Waals surface area (Å²) in [7, 11) is 3.61. The van der Waals surface area contributed by atoms with Crippen LogP contribution < -0.4 is 15.5 Å². The number of pyridine rings is 1. The van der Waals surface area contributed by atoms with Crippen LogP contribution in [0.3, 0.4) is 0 Å². The van der Waals surface area contributed by atoms with Crippen molar-refractivity contribution in [1.82, 2.24) is 25.0 Å². The predicted molar refractivity (Wildman–Crippen MR) is 149 cm³/mol. The number of aryl methyl sites for hydroxylation is 1. The minimum atomic E-state index is -0.0532. The minimum absolute atomic E-state index is 0.0532. The summed E-state index contributed by atoms with van der Waals surface area (Å²) < 4.78 is 7.89. The molecule has 1 saturated heterocycles. The molecule has 10 heteroatoms. The standard InChI is InChI=1S/C29H34N8O2/c1-31-25-15-27-19(14-23(25)20-5-6-21(16-30)33-17-20)4-3-10-36(27)28-24-18-35(29(38)32-2)11-7-26(24)37(34-28)22-8-12-39-13-9-22/h5-6,14-15,17,22,31H,3-4,7-13,18H2,1-2H3,(H,32,38). The molecule has 0 saturated carbocycles. The molecular formula is C29H34N8O2. The number of hydrogen-bond donors (Lipinski definition) is 2. The molecule has 2 N–H and O–H groups in total. The Morgan fingerprint density at radius 2 is 2.00 bits per heavy atom. The van der Waals surface area contributed by atoms with Crippen LogP contribution in [0.2, 0.25) is 0 Å². The number of carbonyl (C=O) groups is 1. The molecule has 0 bridgehead atoms. The van der Waals surface area contributed by atoms with Crippen LogP contribution in [-0.4, -0.2) is 66.1 Å². The lowest BCUT2D eigenvalue weighted by atomic mass is 9.94. The van der Waals surface area contributed by atoms with Crippen LogP contribution in [0, 0.1) is 11.3 Å². The molecular weight excluding hydrogens is 492 g/mol. The van der Waals surface area contributed by atoms with Gasteiger partial charge in [0.05, 0.1) is 12.6 Å². The van der Waals surface area contributed by atoms with Crippen molar-refractivity contribution < 1.29 is 9.53 Å². The summed E-state index contributed by atoms with van der Waals surface area (Å²) in [6.45, 7) is 3.61. The lowest BCUT2D eigenvalue weighted by Crippen LogP contribution is -2.42. The van der Waals surface area contributed by atoms with Crippen molar-refractivity contribution in [2.24, 2.45) is 0 Å². The summed E-state index contributed by atoms with van der Waals surface area (Å²) >= 11 is 0. The number of nitriles is 1. The van der Waals surface area contributed by atoms with Gasteiger partial charge in [-0.3, -0.25) is 4.68 Å². The van der Waals surface area contributed by atoms with Gasteiger partial charge in [-0.1, -0.05) is 0 Å². The zero-order valence-corrected chi connectivity index (χ0v) is 22.5. The molecule has 2 aromatic heterocycles. The van der Waals surface area contributed by atoms with E-state index in [2.05, 4.69) is 43.4 Å². The largest absolute Gasteiger partial charge is 0.388 e. The summed E-state index contributed by atoms with van der Waals surface area (Å²) in [6.07, 6.45) is 6.44. The van der Waals surface area contributed by atoms with E-state index in [9.17, 15) is 4.79 Å². The first-order valence-electron chi connectivity index (χ1n) is 13.7. The number of amides is 2.